The third-order valence-electron chi connectivity index (χ3n) is 5.87. The number of carbonyl (C=O) groups is 1. The van der Waals surface area contributed by atoms with E-state index in [0.29, 0.717) is 0 Å². The summed E-state index contributed by atoms with van der Waals surface area (Å²) in [5.74, 6) is 1.66. The van der Waals surface area contributed by atoms with Gasteiger partial charge in [-0.3, -0.25) is 19.7 Å². The lowest BCUT2D eigenvalue weighted by atomic mass is 10.1. The van der Waals surface area contributed by atoms with Crippen LogP contribution < -0.4 is 4.74 Å². The van der Waals surface area contributed by atoms with Crippen LogP contribution in [0.5, 0.6) is 11.5 Å². The number of aliphatic imine (C=N–C) groups is 1. The minimum absolute atomic E-state index is 0.143. The molecule has 1 saturated heterocycles. The van der Waals surface area contributed by atoms with E-state index in [4.69, 9.17) is 9.72 Å². The van der Waals surface area contributed by atoms with E-state index in [2.05, 4.69) is 27.0 Å². The van der Waals surface area contributed by atoms with Gasteiger partial charge in [-0.15, -0.1) is 0 Å². The van der Waals surface area contributed by atoms with E-state index >= 15 is 0 Å². The third-order valence-corrected chi connectivity index (χ3v) is 5.87. The molecule has 0 N–H and O–H groups in total. The van der Waals surface area contributed by atoms with Crippen molar-refractivity contribution >= 4 is 28.7 Å². The standard InChI is InChI=1S/C25H25N5O2/c1-18(31)30-12-10-29(11-13-30)17-21-16-27-25-14-23(6-7-24(25)28-21)32-22-4-2-19(3-5-22)20-8-9-26-15-20/h2-9,14,16H,10-13,15,17H2,1H3. The largest absolute Gasteiger partial charge is 0.457 e. The second-order valence-corrected chi connectivity index (χ2v) is 8.10. The molecule has 0 spiro atoms. The number of piperazine rings is 1. The number of carbonyl (C=O) groups excluding carboxylic acids is 1. The molecule has 2 aromatic carbocycles. The fraction of sp³-hybridized carbons (Fsp3) is 0.280. The molecule has 7 nitrogen and oxygen atoms in total. The summed E-state index contributed by atoms with van der Waals surface area (Å²) >= 11 is 0. The fourth-order valence-corrected chi connectivity index (χ4v) is 4.03. The lowest BCUT2D eigenvalue weighted by molar-refractivity contribution is -0.130. The second-order valence-electron chi connectivity index (χ2n) is 8.10. The predicted octanol–water partition coefficient (Wildman–Crippen LogP) is 3.55. The summed E-state index contributed by atoms with van der Waals surface area (Å²) in [4.78, 5) is 29.3. The van der Waals surface area contributed by atoms with E-state index in [1.165, 1.54) is 5.57 Å². The van der Waals surface area contributed by atoms with E-state index in [0.717, 1.165) is 73.1 Å². The van der Waals surface area contributed by atoms with Gasteiger partial charge in [0.2, 0.25) is 5.91 Å². The highest BCUT2D eigenvalue weighted by atomic mass is 16.5. The van der Waals surface area contributed by atoms with Crippen LogP contribution in [0.1, 0.15) is 18.2 Å². The Morgan fingerprint density at radius 1 is 1.00 bits per heavy atom. The Labute approximate surface area is 187 Å². The lowest BCUT2D eigenvalue weighted by Gasteiger charge is -2.33. The van der Waals surface area contributed by atoms with Crippen LogP contribution in [0.25, 0.3) is 16.6 Å². The smallest absolute Gasteiger partial charge is 0.219 e. The predicted molar refractivity (Wildman–Crippen MR) is 125 cm³/mol. The highest BCUT2D eigenvalue weighted by molar-refractivity contribution is 5.89. The highest BCUT2D eigenvalue weighted by Gasteiger charge is 2.19. The molecule has 0 atom stereocenters. The molecule has 1 amide bonds. The minimum Gasteiger partial charge on any atom is -0.457 e. The molecule has 162 valence electrons. The van der Waals surface area contributed by atoms with Gasteiger partial charge in [0, 0.05) is 51.9 Å². The van der Waals surface area contributed by atoms with Crippen LogP contribution in [0.15, 0.2) is 59.7 Å². The first-order valence-corrected chi connectivity index (χ1v) is 10.8. The van der Waals surface area contributed by atoms with E-state index in [1.54, 1.807) is 6.92 Å². The maximum absolute atomic E-state index is 11.5. The summed E-state index contributed by atoms with van der Waals surface area (Å²) in [7, 11) is 0. The molecule has 32 heavy (non-hydrogen) atoms. The third kappa shape index (κ3) is 4.53. The maximum Gasteiger partial charge on any atom is 0.219 e. The van der Waals surface area contributed by atoms with Crippen LogP contribution in [0.4, 0.5) is 0 Å². The average Bonchev–Trinajstić information content (AvgIpc) is 3.35. The SMILES string of the molecule is CC(=O)N1CCN(Cc2cnc3cc(Oc4ccc(C5=CC=NC5)cc4)ccc3n2)CC1. The van der Waals surface area contributed by atoms with Crippen LogP contribution in [0.3, 0.4) is 0 Å². The molecular formula is C25H25N5O2. The molecule has 3 aromatic rings. The Morgan fingerprint density at radius 2 is 1.78 bits per heavy atom. The van der Waals surface area contributed by atoms with Crippen LogP contribution in [-0.4, -0.2) is 64.6 Å². The van der Waals surface area contributed by atoms with Crippen molar-refractivity contribution in [2.45, 2.75) is 13.5 Å². The number of fused-ring (bicyclic) bond motifs is 1. The molecule has 2 aliphatic rings. The average molecular weight is 428 g/mol. The molecule has 7 heteroatoms. The van der Waals surface area contributed by atoms with E-state index in [9.17, 15) is 4.79 Å². The van der Waals surface area contributed by atoms with Crippen molar-refractivity contribution in [2.24, 2.45) is 4.99 Å². The van der Waals surface area contributed by atoms with Crippen LogP contribution in [0.2, 0.25) is 0 Å². The summed E-state index contributed by atoms with van der Waals surface area (Å²) in [6.07, 6.45) is 5.71. The van der Waals surface area contributed by atoms with Crippen molar-refractivity contribution in [3.63, 3.8) is 0 Å². The molecule has 3 heterocycles. The number of ether oxygens (including phenoxy) is 1. The Hall–Kier alpha value is -3.58. The number of amides is 1. The van der Waals surface area contributed by atoms with E-state index in [1.807, 2.05) is 53.7 Å². The molecule has 5 rings (SSSR count). The monoisotopic (exact) mass is 427 g/mol. The van der Waals surface area contributed by atoms with Gasteiger partial charge >= 0.3 is 0 Å². The number of aromatic nitrogens is 2. The van der Waals surface area contributed by atoms with Crippen LogP contribution >= 0.6 is 0 Å². The number of benzene rings is 2. The van der Waals surface area contributed by atoms with Crippen molar-refractivity contribution in [3.8, 4) is 11.5 Å². The molecule has 0 bridgehead atoms. The molecule has 1 aromatic heterocycles. The van der Waals surface area contributed by atoms with Gasteiger partial charge in [-0.25, -0.2) is 4.98 Å². The second kappa shape index (κ2) is 8.88. The first-order valence-electron chi connectivity index (χ1n) is 10.8. The molecule has 0 unspecified atom stereocenters. The summed E-state index contributed by atoms with van der Waals surface area (Å²) in [5.41, 5.74) is 4.96. The molecule has 0 aliphatic carbocycles. The maximum atomic E-state index is 11.5. The number of hydrogen-bond donors (Lipinski definition) is 0. The summed E-state index contributed by atoms with van der Waals surface area (Å²) < 4.78 is 6.03. The summed E-state index contributed by atoms with van der Waals surface area (Å²) in [5, 5.41) is 0. The van der Waals surface area contributed by atoms with Crippen LogP contribution in [0, 0.1) is 0 Å². The number of rotatable bonds is 5. The molecule has 2 aliphatic heterocycles. The first kappa shape index (κ1) is 20.3. The number of nitrogens with zero attached hydrogens (tertiary/aromatic N) is 5. The molecule has 0 saturated carbocycles. The Kier molecular flexibility index (Phi) is 5.64. The Bertz CT molecular complexity index is 1190. The molecule has 1 fully saturated rings. The fourth-order valence-electron chi connectivity index (χ4n) is 4.03. The minimum atomic E-state index is 0.143. The van der Waals surface area contributed by atoms with Gasteiger partial charge < -0.3 is 9.64 Å². The normalized spacial score (nSPS) is 16.4. The zero-order valence-corrected chi connectivity index (χ0v) is 18.1. The van der Waals surface area contributed by atoms with Crippen molar-refractivity contribution < 1.29 is 9.53 Å². The van der Waals surface area contributed by atoms with E-state index in [-0.39, 0.29) is 5.91 Å². The zero-order valence-electron chi connectivity index (χ0n) is 18.1. The van der Waals surface area contributed by atoms with Gasteiger partial charge in [-0.1, -0.05) is 12.1 Å². The van der Waals surface area contributed by atoms with Gasteiger partial charge in [0.25, 0.3) is 0 Å². The molecular weight excluding hydrogens is 402 g/mol. The summed E-state index contributed by atoms with van der Waals surface area (Å²) in [6.45, 7) is 6.35. The van der Waals surface area contributed by atoms with Crippen LogP contribution in [-0.2, 0) is 11.3 Å². The van der Waals surface area contributed by atoms with E-state index < -0.39 is 0 Å². The lowest BCUT2D eigenvalue weighted by Crippen LogP contribution is -2.47. The number of hydrogen-bond acceptors (Lipinski definition) is 6. The Morgan fingerprint density at radius 3 is 2.50 bits per heavy atom. The Balaban J connectivity index is 1.23. The van der Waals surface area contributed by atoms with Crippen molar-refractivity contribution in [1.29, 1.82) is 0 Å². The highest BCUT2D eigenvalue weighted by Crippen LogP contribution is 2.26. The van der Waals surface area contributed by atoms with Crippen molar-refractivity contribution in [2.75, 3.05) is 32.7 Å². The van der Waals surface area contributed by atoms with Gasteiger partial charge in [0.05, 0.1) is 29.5 Å². The quantitative estimate of drug-likeness (QED) is 0.623. The zero-order chi connectivity index (χ0) is 21.9. The summed E-state index contributed by atoms with van der Waals surface area (Å²) in [6, 6.07) is 13.8. The van der Waals surface area contributed by atoms with Crippen molar-refractivity contribution in [3.05, 3.63) is 66.0 Å². The van der Waals surface area contributed by atoms with Gasteiger partial charge in [0.15, 0.2) is 0 Å². The van der Waals surface area contributed by atoms with Gasteiger partial charge in [0.1, 0.15) is 11.5 Å². The molecule has 0 radical (unpaired) electrons. The van der Waals surface area contributed by atoms with Gasteiger partial charge in [-0.2, -0.15) is 0 Å². The topological polar surface area (TPSA) is 70.9 Å². The number of allylic oxidation sites excluding steroid dienone is 1. The first-order chi connectivity index (χ1) is 15.6. The van der Waals surface area contributed by atoms with Gasteiger partial charge in [-0.05, 0) is 41.5 Å². The van der Waals surface area contributed by atoms with Crippen molar-refractivity contribution in [1.82, 2.24) is 19.8 Å².